The molecule has 4 nitrogen and oxygen atoms in total. The molecule has 1 aliphatic heterocycles. The molecular formula is C17H29N3O. The molecule has 0 spiro atoms. The molecule has 1 aromatic heterocycles. The Labute approximate surface area is 128 Å². The fourth-order valence-electron chi connectivity index (χ4n) is 2.85. The van der Waals surface area contributed by atoms with Gasteiger partial charge in [0.15, 0.2) is 11.6 Å². The van der Waals surface area contributed by atoms with Crippen molar-refractivity contribution >= 4 is 5.82 Å². The van der Waals surface area contributed by atoms with Crippen LogP contribution in [0.15, 0.2) is 18.3 Å². The zero-order chi connectivity index (χ0) is 14.9. The summed E-state index contributed by atoms with van der Waals surface area (Å²) in [5.74, 6) is 2.67. The molecular weight excluding hydrogens is 262 g/mol. The van der Waals surface area contributed by atoms with E-state index in [0.29, 0.717) is 5.92 Å². The van der Waals surface area contributed by atoms with Crippen molar-refractivity contribution < 1.29 is 4.74 Å². The number of pyridine rings is 1. The lowest BCUT2D eigenvalue weighted by molar-refractivity contribution is 0.313. The highest BCUT2D eigenvalue weighted by molar-refractivity contribution is 5.52. The molecule has 0 radical (unpaired) electrons. The monoisotopic (exact) mass is 291 g/mol. The van der Waals surface area contributed by atoms with Crippen molar-refractivity contribution in [1.82, 2.24) is 10.3 Å². The van der Waals surface area contributed by atoms with E-state index in [1.165, 1.54) is 19.3 Å². The Bertz CT molecular complexity index is 411. The SMILES string of the molecule is CCCNCC1CCCN(c2ncccc2OCCC)C1. The molecule has 0 aromatic carbocycles. The van der Waals surface area contributed by atoms with Crippen LogP contribution in [0.25, 0.3) is 0 Å². The molecule has 1 aliphatic rings. The maximum absolute atomic E-state index is 5.85. The van der Waals surface area contributed by atoms with Crippen LogP contribution in [0, 0.1) is 5.92 Å². The molecule has 4 heteroatoms. The van der Waals surface area contributed by atoms with Gasteiger partial charge < -0.3 is 15.0 Å². The van der Waals surface area contributed by atoms with Crippen molar-refractivity contribution in [2.75, 3.05) is 37.7 Å². The summed E-state index contributed by atoms with van der Waals surface area (Å²) in [6.45, 7) is 9.50. The van der Waals surface area contributed by atoms with E-state index in [1.54, 1.807) is 0 Å². The van der Waals surface area contributed by atoms with Gasteiger partial charge in [-0.05, 0) is 56.8 Å². The van der Waals surface area contributed by atoms with Gasteiger partial charge in [-0.25, -0.2) is 4.98 Å². The third-order valence-electron chi connectivity index (χ3n) is 3.89. The first kappa shape index (κ1) is 16.1. The van der Waals surface area contributed by atoms with Crippen LogP contribution in [-0.4, -0.2) is 37.8 Å². The van der Waals surface area contributed by atoms with E-state index in [1.807, 2.05) is 18.3 Å². The second-order valence-corrected chi connectivity index (χ2v) is 5.83. The topological polar surface area (TPSA) is 37.4 Å². The van der Waals surface area contributed by atoms with Crippen LogP contribution in [0.1, 0.15) is 39.5 Å². The molecule has 0 bridgehead atoms. The third-order valence-corrected chi connectivity index (χ3v) is 3.89. The summed E-state index contributed by atoms with van der Waals surface area (Å²) in [5, 5.41) is 3.55. The molecule has 1 saturated heterocycles. The fraction of sp³-hybridized carbons (Fsp3) is 0.706. The zero-order valence-electron chi connectivity index (χ0n) is 13.5. The second kappa shape index (κ2) is 8.88. The lowest BCUT2D eigenvalue weighted by atomic mass is 9.98. The summed E-state index contributed by atoms with van der Waals surface area (Å²) in [4.78, 5) is 6.96. The van der Waals surface area contributed by atoms with E-state index in [0.717, 1.165) is 50.8 Å². The van der Waals surface area contributed by atoms with Gasteiger partial charge in [-0.15, -0.1) is 0 Å². The van der Waals surface area contributed by atoms with Crippen molar-refractivity contribution in [3.63, 3.8) is 0 Å². The van der Waals surface area contributed by atoms with Gasteiger partial charge in [-0.3, -0.25) is 0 Å². The summed E-state index contributed by atoms with van der Waals surface area (Å²) in [6.07, 6.45) is 6.64. The molecule has 1 fully saturated rings. The Morgan fingerprint density at radius 2 is 2.29 bits per heavy atom. The van der Waals surface area contributed by atoms with Gasteiger partial charge in [0.1, 0.15) is 0 Å². The largest absolute Gasteiger partial charge is 0.490 e. The van der Waals surface area contributed by atoms with Crippen LogP contribution in [0.3, 0.4) is 0 Å². The second-order valence-electron chi connectivity index (χ2n) is 5.83. The summed E-state index contributed by atoms with van der Waals surface area (Å²) in [6, 6.07) is 4.00. The van der Waals surface area contributed by atoms with Crippen LogP contribution in [0.5, 0.6) is 5.75 Å². The average molecular weight is 291 g/mol. The van der Waals surface area contributed by atoms with Crippen LogP contribution >= 0.6 is 0 Å². The molecule has 21 heavy (non-hydrogen) atoms. The van der Waals surface area contributed by atoms with Gasteiger partial charge >= 0.3 is 0 Å². The van der Waals surface area contributed by atoms with E-state index >= 15 is 0 Å². The average Bonchev–Trinajstić information content (AvgIpc) is 2.54. The molecule has 0 saturated carbocycles. The van der Waals surface area contributed by atoms with E-state index < -0.39 is 0 Å². The van der Waals surface area contributed by atoms with Gasteiger partial charge in [0.25, 0.3) is 0 Å². The number of rotatable bonds is 8. The maximum Gasteiger partial charge on any atom is 0.171 e. The highest BCUT2D eigenvalue weighted by Crippen LogP contribution is 2.29. The molecule has 0 aliphatic carbocycles. The molecule has 1 N–H and O–H groups in total. The smallest absolute Gasteiger partial charge is 0.171 e. The lowest BCUT2D eigenvalue weighted by Crippen LogP contribution is -2.40. The number of aromatic nitrogens is 1. The quantitative estimate of drug-likeness (QED) is 0.747. The molecule has 2 heterocycles. The normalized spacial score (nSPS) is 18.8. The Hall–Kier alpha value is -1.29. The minimum absolute atomic E-state index is 0.714. The predicted molar refractivity (Wildman–Crippen MR) is 88.1 cm³/mol. The predicted octanol–water partition coefficient (Wildman–Crippen LogP) is 3.09. The minimum Gasteiger partial charge on any atom is -0.490 e. The molecule has 2 rings (SSSR count). The molecule has 118 valence electrons. The first-order valence-electron chi connectivity index (χ1n) is 8.38. The zero-order valence-corrected chi connectivity index (χ0v) is 13.5. The van der Waals surface area contributed by atoms with Crippen molar-refractivity contribution in [2.45, 2.75) is 39.5 Å². The van der Waals surface area contributed by atoms with Crippen molar-refractivity contribution in [1.29, 1.82) is 0 Å². The Balaban J connectivity index is 1.97. The standard InChI is InChI=1S/C17H29N3O/c1-3-9-18-13-15-7-6-11-20(14-15)17-16(21-12-4-2)8-5-10-19-17/h5,8,10,15,18H,3-4,6-7,9,11-14H2,1-2H3. The van der Waals surface area contributed by atoms with Crippen LogP contribution < -0.4 is 15.0 Å². The summed E-state index contributed by atoms with van der Waals surface area (Å²) < 4.78 is 5.85. The Morgan fingerprint density at radius 1 is 1.38 bits per heavy atom. The maximum atomic E-state index is 5.85. The van der Waals surface area contributed by atoms with Gasteiger partial charge in [0.2, 0.25) is 0 Å². The van der Waals surface area contributed by atoms with E-state index in [2.05, 4.69) is 29.0 Å². The minimum atomic E-state index is 0.714. The van der Waals surface area contributed by atoms with Crippen molar-refractivity contribution in [3.8, 4) is 5.75 Å². The molecule has 1 unspecified atom stereocenters. The van der Waals surface area contributed by atoms with Crippen molar-refractivity contribution in [3.05, 3.63) is 18.3 Å². The molecule has 1 atom stereocenters. The number of hydrogen-bond donors (Lipinski definition) is 1. The number of nitrogens with zero attached hydrogens (tertiary/aromatic N) is 2. The van der Waals surface area contributed by atoms with Crippen LogP contribution in [0.4, 0.5) is 5.82 Å². The molecule has 0 amide bonds. The van der Waals surface area contributed by atoms with Crippen LogP contribution in [-0.2, 0) is 0 Å². The van der Waals surface area contributed by atoms with Gasteiger partial charge in [0.05, 0.1) is 6.61 Å². The highest BCUT2D eigenvalue weighted by Gasteiger charge is 2.22. The number of anilines is 1. The van der Waals surface area contributed by atoms with Crippen LogP contribution in [0.2, 0.25) is 0 Å². The number of piperidine rings is 1. The summed E-state index contributed by atoms with van der Waals surface area (Å²) >= 11 is 0. The Morgan fingerprint density at radius 3 is 3.10 bits per heavy atom. The van der Waals surface area contributed by atoms with Crippen molar-refractivity contribution in [2.24, 2.45) is 5.92 Å². The lowest BCUT2D eigenvalue weighted by Gasteiger charge is -2.34. The number of ether oxygens (including phenoxy) is 1. The number of nitrogens with one attached hydrogen (secondary N) is 1. The Kier molecular flexibility index (Phi) is 6.80. The van der Waals surface area contributed by atoms with Gasteiger partial charge in [0, 0.05) is 19.3 Å². The fourth-order valence-corrected chi connectivity index (χ4v) is 2.85. The summed E-state index contributed by atoms with van der Waals surface area (Å²) in [5.41, 5.74) is 0. The van der Waals surface area contributed by atoms with E-state index in [-0.39, 0.29) is 0 Å². The highest BCUT2D eigenvalue weighted by atomic mass is 16.5. The van der Waals surface area contributed by atoms with Gasteiger partial charge in [-0.1, -0.05) is 13.8 Å². The third kappa shape index (κ3) is 4.88. The van der Waals surface area contributed by atoms with E-state index in [4.69, 9.17) is 4.74 Å². The number of hydrogen-bond acceptors (Lipinski definition) is 4. The molecule has 1 aromatic rings. The first-order valence-corrected chi connectivity index (χ1v) is 8.38. The van der Waals surface area contributed by atoms with E-state index in [9.17, 15) is 0 Å². The summed E-state index contributed by atoms with van der Waals surface area (Å²) in [7, 11) is 0. The first-order chi connectivity index (χ1) is 10.3. The van der Waals surface area contributed by atoms with Gasteiger partial charge in [-0.2, -0.15) is 0 Å².